The zero-order valence-electron chi connectivity index (χ0n) is 14.2. The van der Waals surface area contributed by atoms with Gasteiger partial charge in [0, 0.05) is 0 Å². The van der Waals surface area contributed by atoms with Crippen LogP contribution in [-0.2, 0) is 9.59 Å². The highest BCUT2D eigenvalue weighted by Crippen LogP contribution is 2.28. The van der Waals surface area contributed by atoms with Gasteiger partial charge < -0.3 is 19.9 Å². The fourth-order valence-corrected chi connectivity index (χ4v) is 2.95. The lowest BCUT2D eigenvalue weighted by atomic mass is 10.2. The van der Waals surface area contributed by atoms with E-state index in [1.807, 2.05) is 6.92 Å². The van der Waals surface area contributed by atoms with Crippen LogP contribution in [0.2, 0.25) is 0 Å². The first-order chi connectivity index (χ1) is 12.5. The van der Waals surface area contributed by atoms with Crippen LogP contribution in [0.3, 0.4) is 0 Å². The predicted molar refractivity (Wildman–Crippen MR) is 100 cm³/mol. The molecule has 1 heterocycles. The van der Waals surface area contributed by atoms with Crippen molar-refractivity contribution in [3.8, 4) is 11.5 Å². The van der Waals surface area contributed by atoms with Crippen molar-refractivity contribution < 1.29 is 24.2 Å². The van der Waals surface area contributed by atoms with Gasteiger partial charge in [-0.1, -0.05) is 24.4 Å². The summed E-state index contributed by atoms with van der Waals surface area (Å²) in [5.74, 6) is -0.236. The Morgan fingerprint density at radius 3 is 2.92 bits per heavy atom. The second-order valence-corrected chi connectivity index (χ2v) is 6.27. The summed E-state index contributed by atoms with van der Waals surface area (Å²) in [5, 5.41) is 18.7. The van der Waals surface area contributed by atoms with E-state index in [1.165, 1.54) is 6.21 Å². The molecule has 0 spiro atoms. The summed E-state index contributed by atoms with van der Waals surface area (Å²) in [6, 6.07) is 5.31. The smallest absolute Gasteiger partial charge is 0.305 e. The van der Waals surface area contributed by atoms with Gasteiger partial charge in [0.1, 0.15) is 11.9 Å². The van der Waals surface area contributed by atoms with Crippen molar-refractivity contribution in [1.82, 2.24) is 5.32 Å². The van der Waals surface area contributed by atoms with E-state index in [9.17, 15) is 9.59 Å². The van der Waals surface area contributed by atoms with Crippen LogP contribution in [-0.4, -0.2) is 46.8 Å². The third-order valence-corrected chi connectivity index (χ3v) is 4.19. The number of aliphatic carboxylic acids is 1. The first-order valence-electron chi connectivity index (χ1n) is 7.84. The van der Waals surface area contributed by atoms with Gasteiger partial charge in [-0.15, -0.1) is 5.10 Å². The van der Waals surface area contributed by atoms with Gasteiger partial charge in [-0.2, -0.15) is 5.10 Å². The average molecular weight is 377 g/mol. The highest BCUT2D eigenvalue weighted by molar-refractivity contribution is 8.15. The number of carbonyl (C=O) groups excluding carboxylic acids is 1. The maximum Gasteiger partial charge on any atom is 0.305 e. The SMILES string of the molecule is C=CCOc1ccc(C=NN=C2NC(=O)C(CC(=O)O)S2)cc1OCC. The van der Waals surface area contributed by atoms with Crippen molar-refractivity contribution in [3.05, 3.63) is 36.4 Å². The number of hydrogen-bond acceptors (Lipinski definition) is 7. The van der Waals surface area contributed by atoms with Gasteiger partial charge >= 0.3 is 5.97 Å². The molecule has 0 saturated carbocycles. The number of thioether (sulfide) groups is 1. The Hall–Kier alpha value is -2.81. The number of benzene rings is 1. The molecule has 138 valence electrons. The van der Waals surface area contributed by atoms with E-state index >= 15 is 0 Å². The standard InChI is InChI=1S/C17H19N3O5S/c1-3-7-25-12-6-5-11(8-13(12)24-4-2)10-18-20-17-19-16(23)14(26-17)9-15(21)22/h3,5-6,8,10,14H,1,4,7,9H2,2H3,(H,21,22)(H,19,20,23). The largest absolute Gasteiger partial charge is 0.490 e. The molecule has 2 rings (SSSR count). The molecule has 0 bridgehead atoms. The molecule has 8 nitrogen and oxygen atoms in total. The number of amides is 1. The minimum atomic E-state index is -1.04. The number of nitrogens with one attached hydrogen (secondary N) is 1. The van der Waals surface area contributed by atoms with Crippen LogP contribution in [0.25, 0.3) is 0 Å². The molecular weight excluding hydrogens is 358 g/mol. The molecule has 2 N–H and O–H groups in total. The van der Waals surface area contributed by atoms with Crippen LogP contribution < -0.4 is 14.8 Å². The van der Waals surface area contributed by atoms with E-state index in [2.05, 4.69) is 22.1 Å². The molecule has 1 fully saturated rings. The van der Waals surface area contributed by atoms with Crippen LogP contribution in [0.5, 0.6) is 11.5 Å². The van der Waals surface area contributed by atoms with E-state index in [0.29, 0.717) is 24.7 Å². The summed E-state index contributed by atoms with van der Waals surface area (Å²) in [6.45, 7) is 6.34. The van der Waals surface area contributed by atoms with E-state index in [0.717, 1.165) is 17.3 Å². The summed E-state index contributed by atoms with van der Waals surface area (Å²) in [4.78, 5) is 22.3. The van der Waals surface area contributed by atoms with Gasteiger partial charge in [-0.05, 0) is 30.7 Å². The van der Waals surface area contributed by atoms with Crippen molar-refractivity contribution in [2.24, 2.45) is 10.2 Å². The molecule has 0 radical (unpaired) electrons. The molecule has 1 atom stereocenters. The van der Waals surface area contributed by atoms with Gasteiger partial charge in [0.15, 0.2) is 16.7 Å². The Bertz CT molecular complexity index is 748. The van der Waals surface area contributed by atoms with Crippen molar-refractivity contribution >= 4 is 35.0 Å². The zero-order chi connectivity index (χ0) is 18.9. The van der Waals surface area contributed by atoms with Crippen molar-refractivity contribution in [3.63, 3.8) is 0 Å². The summed E-state index contributed by atoms with van der Waals surface area (Å²) >= 11 is 1.05. The van der Waals surface area contributed by atoms with Gasteiger partial charge in [-0.3, -0.25) is 9.59 Å². The quantitative estimate of drug-likeness (QED) is 0.387. The number of hydrogen-bond donors (Lipinski definition) is 2. The van der Waals surface area contributed by atoms with Crippen molar-refractivity contribution in [1.29, 1.82) is 0 Å². The maximum atomic E-state index is 11.6. The van der Waals surface area contributed by atoms with Crippen molar-refractivity contribution in [2.45, 2.75) is 18.6 Å². The molecule has 1 unspecified atom stereocenters. The van der Waals surface area contributed by atoms with Gasteiger partial charge in [0.05, 0.1) is 19.2 Å². The molecule has 1 aliphatic heterocycles. The van der Waals surface area contributed by atoms with Crippen LogP contribution >= 0.6 is 11.8 Å². The first kappa shape index (κ1) is 19.5. The second-order valence-electron chi connectivity index (χ2n) is 5.08. The number of rotatable bonds is 9. The van der Waals surface area contributed by atoms with Crippen LogP contribution in [0.15, 0.2) is 41.1 Å². The van der Waals surface area contributed by atoms with Crippen LogP contribution in [0, 0.1) is 0 Å². The lowest BCUT2D eigenvalue weighted by Gasteiger charge is -2.11. The normalized spacial score (nSPS) is 18.1. The first-order valence-corrected chi connectivity index (χ1v) is 8.72. The number of carboxylic acid groups (broad SMARTS) is 1. The highest BCUT2D eigenvalue weighted by atomic mass is 32.2. The third kappa shape index (κ3) is 5.62. The minimum absolute atomic E-state index is 0.261. The minimum Gasteiger partial charge on any atom is -0.490 e. The number of ether oxygens (including phenoxy) is 2. The van der Waals surface area contributed by atoms with E-state index in [4.69, 9.17) is 14.6 Å². The summed E-state index contributed by atoms with van der Waals surface area (Å²) in [6.07, 6.45) is 2.89. The third-order valence-electron chi connectivity index (χ3n) is 3.12. The van der Waals surface area contributed by atoms with Gasteiger partial charge in [-0.25, -0.2) is 0 Å². The molecule has 1 saturated heterocycles. The van der Waals surface area contributed by atoms with Crippen LogP contribution in [0.1, 0.15) is 18.9 Å². The summed E-state index contributed by atoms with van der Waals surface area (Å²) < 4.78 is 11.1. The van der Waals surface area contributed by atoms with Gasteiger partial charge in [0.25, 0.3) is 0 Å². The fourth-order valence-electron chi connectivity index (χ4n) is 2.03. The predicted octanol–water partition coefficient (Wildman–Crippen LogP) is 2.05. The molecule has 26 heavy (non-hydrogen) atoms. The number of carboxylic acids is 1. The Morgan fingerprint density at radius 2 is 2.23 bits per heavy atom. The van der Waals surface area contributed by atoms with E-state index in [1.54, 1.807) is 24.3 Å². The zero-order valence-corrected chi connectivity index (χ0v) is 15.0. The molecule has 0 aliphatic carbocycles. The number of amidine groups is 1. The fraction of sp³-hybridized carbons (Fsp3) is 0.294. The topological polar surface area (TPSA) is 110 Å². The van der Waals surface area contributed by atoms with Crippen molar-refractivity contribution in [2.75, 3.05) is 13.2 Å². The number of carbonyl (C=O) groups is 2. The second kappa shape index (κ2) is 9.62. The molecule has 1 aliphatic rings. The maximum absolute atomic E-state index is 11.6. The monoisotopic (exact) mass is 377 g/mol. The lowest BCUT2D eigenvalue weighted by Crippen LogP contribution is -2.26. The lowest BCUT2D eigenvalue weighted by molar-refractivity contribution is -0.138. The Balaban J connectivity index is 2.05. The molecule has 1 amide bonds. The summed E-state index contributed by atoms with van der Waals surface area (Å²) in [5.41, 5.74) is 0.736. The Labute approximate surface area is 155 Å². The molecule has 0 aromatic heterocycles. The Kier molecular flexibility index (Phi) is 7.22. The average Bonchev–Trinajstić information content (AvgIpc) is 2.93. The molecule has 1 aromatic carbocycles. The van der Waals surface area contributed by atoms with E-state index < -0.39 is 11.2 Å². The van der Waals surface area contributed by atoms with Crippen LogP contribution in [0.4, 0.5) is 0 Å². The summed E-state index contributed by atoms with van der Waals surface area (Å²) in [7, 11) is 0. The number of nitrogens with zero attached hydrogens (tertiary/aromatic N) is 2. The highest BCUT2D eigenvalue weighted by Gasteiger charge is 2.32. The van der Waals surface area contributed by atoms with E-state index in [-0.39, 0.29) is 17.5 Å². The Morgan fingerprint density at radius 1 is 1.42 bits per heavy atom. The molecule has 9 heteroatoms. The molecule has 1 aromatic rings. The molecular formula is C17H19N3O5S. The van der Waals surface area contributed by atoms with Gasteiger partial charge in [0.2, 0.25) is 5.91 Å².